The number of carbonyl (C=O) groups excluding carboxylic acids is 1. The Bertz CT molecular complexity index is 838. The molecule has 0 saturated carbocycles. The van der Waals surface area contributed by atoms with E-state index in [2.05, 4.69) is 0 Å². The minimum Gasteiger partial charge on any atom is -0.486 e. The van der Waals surface area contributed by atoms with Crippen LogP contribution in [0.3, 0.4) is 0 Å². The summed E-state index contributed by atoms with van der Waals surface area (Å²) in [6.07, 6.45) is 0. The lowest BCUT2D eigenvalue weighted by Crippen LogP contribution is -2.16. The summed E-state index contributed by atoms with van der Waals surface area (Å²) in [6.45, 7) is 2.34. The van der Waals surface area contributed by atoms with Crippen LogP contribution in [0.2, 0.25) is 0 Å². The molecule has 0 saturated heterocycles. The molecule has 0 aromatic heterocycles. The summed E-state index contributed by atoms with van der Waals surface area (Å²) in [5.74, 6) is 0.821. The lowest BCUT2D eigenvalue weighted by Gasteiger charge is -2.18. The van der Waals surface area contributed by atoms with Crippen LogP contribution in [-0.4, -0.2) is 27.4 Å². The maximum absolute atomic E-state index is 12.5. The predicted octanol–water partition coefficient (Wildman–Crippen LogP) is 2.63. The van der Waals surface area contributed by atoms with Gasteiger partial charge < -0.3 is 9.47 Å². The van der Waals surface area contributed by atoms with Crippen molar-refractivity contribution >= 4 is 15.6 Å². The molecule has 1 aliphatic heterocycles. The van der Waals surface area contributed by atoms with Gasteiger partial charge in [-0.2, -0.15) is 0 Å². The van der Waals surface area contributed by atoms with E-state index in [0.717, 1.165) is 0 Å². The highest BCUT2D eigenvalue weighted by Crippen LogP contribution is 2.33. The number of ketones is 1. The van der Waals surface area contributed by atoms with Gasteiger partial charge in [0.1, 0.15) is 13.2 Å². The van der Waals surface area contributed by atoms with E-state index in [-0.39, 0.29) is 16.4 Å². The summed E-state index contributed by atoms with van der Waals surface area (Å²) in [5, 5.41) is 0. The second-order valence-electron chi connectivity index (χ2n) is 5.32. The number of benzene rings is 2. The highest BCUT2D eigenvalue weighted by molar-refractivity contribution is 7.90. The van der Waals surface area contributed by atoms with Gasteiger partial charge in [0, 0.05) is 11.6 Å². The van der Waals surface area contributed by atoms with Gasteiger partial charge in [-0.15, -0.1) is 0 Å². The van der Waals surface area contributed by atoms with Crippen LogP contribution in [0.5, 0.6) is 11.5 Å². The predicted molar refractivity (Wildman–Crippen MR) is 84.8 cm³/mol. The van der Waals surface area contributed by atoms with Crippen LogP contribution >= 0.6 is 0 Å². The molecule has 1 heterocycles. The van der Waals surface area contributed by atoms with Gasteiger partial charge in [0.2, 0.25) is 0 Å². The van der Waals surface area contributed by atoms with E-state index in [1.165, 1.54) is 19.1 Å². The topological polar surface area (TPSA) is 69.7 Å². The molecule has 2 aromatic carbocycles. The van der Waals surface area contributed by atoms with Crippen molar-refractivity contribution in [2.75, 3.05) is 13.2 Å². The molecule has 23 heavy (non-hydrogen) atoms. The molecule has 0 fully saturated rings. The molecule has 0 radical (unpaired) electrons. The van der Waals surface area contributed by atoms with Crippen molar-refractivity contribution in [3.63, 3.8) is 0 Å². The zero-order valence-electron chi connectivity index (χ0n) is 12.6. The summed E-state index contributed by atoms with van der Waals surface area (Å²) in [5.41, 5.74) is 1.19. The van der Waals surface area contributed by atoms with Crippen LogP contribution in [0, 0.1) is 0 Å². The molecule has 6 heteroatoms. The summed E-state index contributed by atoms with van der Waals surface area (Å²) < 4.78 is 35.9. The molecule has 120 valence electrons. The van der Waals surface area contributed by atoms with Gasteiger partial charge in [-0.1, -0.05) is 24.3 Å². The highest BCUT2D eigenvalue weighted by Gasteiger charge is 2.20. The maximum Gasteiger partial charge on any atom is 0.182 e. The fraction of sp³-hybridized carbons (Fsp3) is 0.235. The van der Waals surface area contributed by atoms with Gasteiger partial charge in [-0.05, 0) is 24.6 Å². The third-order valence-corrected chi connectivity index (χ3v) is 5.28. The first-order valence-corrected chi connectivity index (χ1v) is 8.83. The van der Waals surface area contributed by atoms with Gasteiger partial charge in [-0.3, -0.25) is 4.79 Å². The number of ether oxygens (including phenoxy) is 2. The lowest BCUT2D eigenvalue weighted by molar-refractivity contribution is 0.101. The largest absolute Gasteiger partial charge is 0.486 e. The first-order chi connectivity index (χ1) is 11.0. The Hall–Kier alpha value is -2.34. The zero-order valence-corrected chi connectivity index (χ0v) is 13.4. The summed E-state index contributed by atoms with van der Waals surface area (Å²) in [4.78, 5) is 11.4. The quantitative estimate of drug-likeness (QED) is 0.805. The number of hydrogen-bond donors (Lipinski definition) is 0. The molecule has 5 nitrogen and oxygen atoms in total. The number of carbonyl (C=O) groups is 1. The average Bonchev–Trinajstić information content (AvgIpc) is 2.54. The molecule has 0 atom stereocenters. The maximum atomic E-state index is 12.5. The van der Waals surface area contributed by atoms with Crippen molar-refractivity contribution in [1.82, 2.24) is 0 Å². The third kappa shape index (κ3) is 3.37. The highest BCUT2D eigenvalue weighted by atomic mass is 32.2. The molecular formula is C17H16O5S. The molecule has 2 aromatic rings. The van der Waals surface area contributed by atoms with Crippen molar-refractivity contribution in [3.8, 4) is 11.5 Å². The van der Waals surface area contributed by atoms with Gasteiger partial charge >= 0.3 is 0 Å². The van der Waals surface area contributed by atoms with Gasteiger partial charge in [0.25, 0.3) is 0 Å². The van der Waals surface area contributed by atoms with Crippen molar-refractivity contribution < 1.29 is 22.7 Å². The third-order valence-electron chi connectivity index (χ3n) is 3.59. The molecule has 0 spiro atoms. The average molecular weight is 332 g/mol. The minimum atomic E-state index is -3.50. The Kier molecular flexibility index (Phi) is 4.09. The SMILES string of the molecule is CC(=O)c1ccc(CS(=O)(=O)c2ccc3c(c2)OCCO3)cc1. The summed E-state index contributed by atoms with van der Waals surface area (Å²) >= 11 is 0. The van der Waals surface area contributed by atoms with Crippen LogP contribution in [0.15, 0.2) is 47.4 Å². The molecule has 0 bridgehead atoms. The number of rotatable bonds is 4. The van der Waals surface area contributed by atoms with Crippen LogP contribution in [0.1, 0.15) is 22.8 Å². The van der Waals surface area contributed by atoms with Crippen LogP contribution in [0.25, 0.3) is 0 Å². The zero-order chi connectivity index (χ0) is 16.4. The van der Waals surface area contributed by atoms with Crippen molar-refractivity contribution in [1.29, 1.82) is 0 Å². The second kappa shape index (κ2) is 6.04. The molecule has 0 N–H and O–H groups in total. The molecule has 0 amide bonds. The molecular weight excluding hydrogens is 316 g/mol. The van der Waals surface area contributed by atoms with Gasteiger partial charge in [-0.25, -0.2) is 8.42 Å². The molecule has 0 unspecified atom stereocenters. The van der Waals surface area contributed by atoms with Crippen LogP contribution in [-0.2, 0) is 15.6 Å². The van der Waals surface area contributed by atoms with E-state index >= 15 is 0 Å². The minimum absolute atomic E-state index is 0.0498. The molecule has 1 aliphatic rings. The van der Waals surface area contributed by atoms with E-state index in [1.807, 2.05) is 0 Å². The summed E-state index contributed by atoms with van der Waals surface area (Å²) in [6, 6.07) is 11.2. The smallest absolute Gasteiger partial charge is 0.182 e. The van der Waals surface area contributed by atoms with Crippen LogP contribution in [0.4, 0.5) is 0 Å². The fourth-order valence-electron chi connectivity index (χ4n) is 2.36. The Morgan fingerprint density at radius 2 is 1.65 bits per heavy atom. The Morgan fingerprint density at radius 1 is 1.00 bits per heavy atom. The van der Waals surface area contributed by atoms with E-state index in [9.17, 15) is 13.2 Å². The fourth-order valence-corrected chi connectivity index (χ4v) is 3.72. The molecule has 3 rings (SSSR count). The van der Waals surface area contributed by atoms with Crippen molar-refractivity contribution in [2.45, 2.75) is 17.6 Å². The van der Waals surface area contributed by atoms with Gasteiger partial charge in [0.15, 0.2) is 27.1 Å². The number of sulfone groups is 1. The summed E-state index contributed by atoms with van der Waals surface area (Å²) in [7, 11) is -3.50. The normalized spacial score (nSPS) is 13.6. The van der Waals surface area contributed by atoms with Gasteiger partial charge in [0.05, 0.1) is 10.6 Å². The Morgan fingerprint density at radius 3 is 2.30 bits per heavy atom. The van der Waals surface area contributed by atoms with E-state index in [0.29, 0.717) is 35.8 Å². The second-order valence-corrected chi connectivity index (χ2v) is 7.31. The molecule has 0 aliphatic carbocycles. The number of fused-ring (bicyclic) bond motifs is 1. The van der Waals surface area contributed by atoms with E-state index < -0.39 is 9.84 Å². The van der Waals surface area contributed by atoms with Crippen molar-refractivity contribution in [2.24, 2.45) is 0 Å². The van der Waals surface area contributed by atoms with E-state index in [4.69, 9.17) is 9.47 Å². The number of Topliss-reactive ketones (excluding diaryl/α,β-unsaturated/α-hetero) is 1. The first kappa shape index (κ1) is 15.6. The first-order valence-electron chi connectivity index (χ1n) is 7.18. The Balaban J connectivity index is 1.85. The van der Waals surface area contributed by atoms with Crippen LogP contribution < -0.4 is 9.47 Å². The van der Waals surface area contributed by atoms with E-state index in [1.54, 1.807) is 30.3 Å². The standard InChI is InChI=1S/C17H16O5S/c1-12(18)14-4-2-13(3-5-14)11-23(19,20)15-6-7-16-17(10-15)22-9-8-21-16/h2-7,10H,8-9,11H2,1H3. The Labute approximate surface area is 134 Å². The number of hydrogen-bond acceptors (Lipinski definition) is 5. The monoisotopic (exact) mass is 332 g/mol. The lowest BCUT2D eigenvalue weighted by atomic mass is 10.1. The van der Waals surface area contributed by atoms with Crippen molar-refractivity contribution in [3.05, 3.63) is 53.6 Å².